The van der Waals surface area contributed by atoms with Gasteiger partial charge in [-0.15, -0.1) is 0 Å². The van der Waals surface area contributed by atoms with E-state index in [4.69, 9.17) is 14.3 Å². The van der Waals surface area contributed by atoms with Crippen LogP contribution in [-0.4, -0.2) is 16.7 Å². The summed E-state index contributed by atoms with van der Waals surface area (Å²) in [6, 6.07) is 1.42. The van der Waals surface area contributed by atoms with Crippen molar-refractivity contribution in [3.63, 3.8) is 0 Å². The Morgan fingerprint density at radius 2 is 2.21 bits per heavy atom. The fourth-order valence-electron chi connectivity index (χ4n) is 0.925. The van der Waals surface area contributed by atoms with Crippen molar-refractivity contribution in [1.82, 2.24) is 0 Å². The van der Waals surface area contributed by atoms with Crippen LogP contribution in [-0.2, 0) is 11.3 Å². The number of ether oxygens (including phenoxy) is 1. The zero-order chi connectivity index (χ0) is 10.8. The van der Waals surface area contributed by atoms with Crippen molar-refractivity contribution in [2.75, 3.05) is 0 Å². The second-order valence-corrected chi connectivity index (χ2v) is 3.96. The molecule has 1 aromatic heterocycles. The second kappa shape index (κ2) is 3.84. The highest BCUT2D eigenvalue weighted by Crippen LogP contribution is 2.16. The summed E-state index contributed by atoms with van der Waals surface area (Å²) in [5, 5.41) is 8.77. The summed E-state index contributed by atoms with van der Waals surface area (Å²) >= 11 is 0. The molecule has 0 aliphatic heterocycles. The first-order valence-electron chi connectivity index (χ1n) is 4.34. The Morgan fingerprint density at radius 1 is 1.57 bits per heavy atom. The van der Waals surface area contributed by atoms with Gasteiger partial charge in [-0.2, -0.15) is 0 Å². The Hall–Kier alpha value is -1.29. The molecule has 4 nitrogen and oxygen atoms in total. The summed E-state index contributed by atoms with van der Waals surface area (Å²) in [4.78, 5) is 10.7. The number of rotatable bonds is 3. The number of hydrogen-bond acceptors (Lipinski definition) is 3. The number of carboxylic acids is 1. The lowest BCUT2D eigenvalue weighted by molar-refractivity contribution is -0.0229. The molecule has 4 heteroatoms. The molecule has 0 spiro atoms. The maximum absolute atomic E-state index is 10.7. The maximum Gasteiger partial charge on any atom is 0.339 e. The fraction of sp³-hybridized carbons (Fsp3) is 0.500. The van der Waals surface area contributed by atoms with Gasteiger partial charge in [0.25, 0.3) is 0 Å². The van der Waals surface area contributed by atoms with Gasteiger partial charge in [-0.05, 0) is 26.8 Å². The Morgan fingerprint density at radius 3 is 2.71 bits per heavy atom. The number of hydrogen-bond donors (Lipinski definition) is 1. The van der Waals surface area contributed by atoms with Gasteiger partial charge in [0.1, 0.15) is 17.9 Å². The Labute approximate surface area is 82.5 Å². The van der Waals surface area contributed by atoms with E-state index >= 15 is 0 Å². The number of carbonyl (C=O) groups is 1. The molecule has 0 fully saturated rings. The molecule has 0 aliphatic rings. The van der Waals surface area contributed by atoms with Crippen molar-refractivity contribution in [3.8, 4) is 0 Å². The van der Waals surface area contributed by atoms with Crippen LogP contribution in [0.5, 0.6) is 0 Å². The zero-order valence-electron chi connectivity index (χ0n) is 8.53. The first-order valence-corrected chi connectivity index (χ1v) is 4.34. The third-order valence-electron chi connectivity index (χ3n) is 1.61. The average molecular weight is 198 g/mol. The van der Waals surface area contributed by atoms with E-state index in [1.165, 1.54) is 12.3 Å². The molecule has 0 saturated heterocycles. The van der Waals surface area contributed by atoms with Crippen LogP contribution in [0.15, 0.2) is 16.7 Å². The molecular weight excluding hydrogens is 184 g/mol. The average Bonchev–Trinajstić information content (AvgIpc) is 2.46. The molecule has 0 atom stereocenters. The Bertz CT molecular complexity index is 319. The first-order chi connectivity index (χ1) is 6.40. The summed E-state index contributed by atoms with van der Waals surface area (Å²) in [5.74, 6) is -0.640. The standard InChI is InChI=1S/C10H14O4/c1-10(2,3)14-6-8-7(9(11)12)4-5-13-8/h4-5H,6H2,1-3H3,(H,11,12). The van der Waals surface area contributed by atoms with Crippen LogP contribution in [0.4, 0.5) is 0 Å². The summed E-state index contributed by atoms with van der Waals surface area (Å²) in [6.45, 7) is 5.88. The molecule has 0 amide bonds. The van der Waals surface area contributed by atoms with E-state index in [-0.39, 0.29) is 17.8 Å². The molecular formula is C10H14O4. The SMILES string of the molecule is CC(C)(C)OCc1occc1C(=O)O. The number of furan rings is 1. The molecule has 0 unspecified atom stereocenters. The number of carboxylic acid groups (broad SMARTS) is 1. The van der Waals surface area contributed by atoms with Crippen LogP contribution < -0.4 is 0 Å². The molecule has 14 heavy (non-hydrogen) atoms. The predicted molar refractivity (Wildman–Crippen MR) is 50.2 cm³/mol. The highest BCUT2D eigenvalue weighted by molar-refractivity contribution is 5.88. The Balaban J connectivity index is 2.68. The van der Waals surface area contributed by atoms with E-state index < -0.39 is 5.97 Å². The highest BCUT2D eigenvalue weighted by atomic mass is 16.5. The molecule has 1 N–H and O–H groups in total. The summed E-state index contributed by atoms with van der Waals surface area (Å²) in [5.41, 5.74) is -0.142. The summed E-state index contributed by atoms with van der Waals surface area (Å²) < 4.78 is 10.4. The van der Waals surface area contributed by atoms with E-state index in [1.54, 1.807) is 0 Å². The van der Waals surface area contributed by atoms with Crippen molar-refractivity contribution in [3.05, 3.63) is 23.7 Å². The van der Waals surface area contributed by atoms with Gasteiger partial charge in [-0.25, -0.2) is 4.79 Å². The number of aromatic carboxylic acids is 1. The third-order valence-corrected chi connectivity index (χ3v) is 1.61. The lowest BCUT2D eigenvalue weighted by Crippen LogP contribution is -2.19. The zero-order valence-corrected chi connectivity index (χ0v) is 8.53. The van der Waals surface area contributed by atoms with E-state index in [1.807, 2.05) is 20.8 Å². The summed E-state index contributed by atoms with van der Waals surface area (Å²) in [7, 11) is 0. The highest BCUT2D eigenvalue weighted by Gasteiger charge is 2.16. The van der Waals surface area contributed by atoms with Gasteiger partial charge >= 0.3 is 5.97 Å². The van der Waals surface area contributed by atoms with Crippen LogP contribution in [0.3, 0.4) is 0 Å². The van der Waals surface area contributed by atoms with Crippen molar-refractivity contribution in [1.29, 1.82) is 0 Å². The third kappa shape index (κ3) is 2.88. The largest absolute Gasteiger partial charge is 0.478 e. The smallest absolute Gasteiger partial charge is 0.339 e. The molecule has 1 rings (SSSR count). The minimum absolute atomic E-state index is 0.161. The maximum atomic E-state index is 10.7. The fourth-order valence-corrected chi connectivity index (χ4v) is 0.925. The van der Waals surface area contributed by atoms with Gasteiger partial charge in [0, 0.05) is 0 Å². The predicted octanol–water partition coefficient (Wildman–Crippen LogP) is 2.29. The Kier molecular flexibility index (Phi) is 2.96. The molecule has 1 aromatic rings. The van der Waals surface area contributed by atoms with Gasteiger partial charge in [0.2, 0.25) is 0 Å². The first kappa shape index (κ1) is 10.8. The van der Waals surface area contributed by atoms with Crippen LogP contribution in [0.1, 0.15) is 36.9 Å². The van der Waals surface area contributed by atoms with Crippen LogP contribution >= 0.6 is 0 Å². The molecule has 78 valence electrons. The normalized spacial score (nSPS) is 11.6. The van der Waals surface area contributed by atoms with E-state index in [9.17, 15) is 4.79 Å². The summed E-state index contributed by atoms with van der Waals surface area (Å²) in [6.07, 6.45) is 1.35. The second-order valence-electron chi connectivity index (χ2n) is 3.96. The molecule has 0 aromatic carbocycles. The van der Waals surface area contributed by atoms with E-state index in [0.29, 0.717) is 5.76 Å². The minimum atomic E-state index is -0.994. The van der Waals surface area contributed by atoms with Crippen molar-refractivity contribution < 1.29 is 19.1 Å². The lowest BCUT2D eigenvalue weighted by atomic mass is 10.2. The van der Waals surface area contributed by atoms with Gasteiger partial charge in [-0.3, -0.25) is 0 Å². The van der Waals surface area contributed by atoms with Crippen molar-refractivity contribution in [2.24, 2.45) is 0 Å². The monoisotopic (exact) mass is 198 g/mol. The molecule has 0 saturated carbocycles. The lowest BCUT2D eigenvalue weighted by Gasteiger charge is -2.18. The van der Waals surface area contributed by atoms with Crippen LogP contribution in [0, 0.1) is 0 Å². The van der Waals surface area contributed by atoms with E-state index in [0.717, 1.165) is 0 Å². The van der Waals surface area contributed by atoms with Crippen LogP contribution in [0.25, 0.3) is 0 Å². The topological polar surface area (TPSA) is 59.7 Å². The van der Waals surface area contributed by atoms with E-state index in [2.05, 4.69) is 0 Å². The van der Waals surface area contributed by atoms with Gasteiger partial charge < -0.3 is 14.3 Å². The molecule has 1 heterocycles. The van der Waals surface area contributed by atoms with Crippen molar-refractivity contribution >= 4 is 5.97 Å². The van der Waals surface area contributed by atoms with Gasteiger partial charge in [0.15, 0.2) is 0 Å². The van der Waals surface area contributed by atoms with Crippen LogP contribution in [0.2, 0.25) is 0 Å². The molecule has 0 bridgehead atoms. The van der Waals surface area contributed by atoms with Crippen molar-refractivity contribution in [2.45, 2.75) is 33.0 Å². The minimum Gasteiger partial charge on any atom is -0.478 e. The quantitative estimate of drug-likeness (QED) is 0.809. The van der Waals surface area contributed by atoms with Gasteiger partial charge in [-0.1, -0.05) is 0 Å². The molecule has 0 aliphatic carbocycles. The van der Waals surface area contributed by atoms with Gasteiger partial charge in [0.05, 0.1) is 11.9 Å². The molecule has 0 radical (unpaired) electrons.